The standard InChI is InChI=1S/C9H9N3O2/c1-5-3-6(2)12-9(14)7(5)8(13)11-4-10/h3H,1-2H3,(H,11,13)(H,12,14). The van der Waals surface area contributed by atoms with Crippen LogP contribution in [0.4, 0.5) is 0 Å². The predicted molar refractivity (Wildman–Crippen MR) is 49.6 cm³/mol. The first-order chi connectivity index (χ1) is 6.56. The largest absolute Gasteiger partial charge is 0.326 e. The van der Waals surface area contributed by atoms with Crippen LogP contribution in [0.2, 0.25) is 0 Å². The second-order valence-electron chi connectivity index (χ2n) is 2.91. The predicted octanol–water partition coefficient (Wildman–Crippen LogP) is 0.203. The molecule has 0 aromatic carbocycles. The molecule has 0 aliphatic carbocycles. The molecule has 1 aromatic rings. The Hall–Kier alpha value is -2.09. The van der Waals surface area contributed by atoms with E-state index in [0.29, 0.717) is 11.3 Å². The van der Waals surface area contributed by atoms with Gasteiger partial charge < -0.3 is 4.98 Å². The van der Waals surface area contributed by atoms with E-state index in [0.717, 1.165) is 0 Å². The van der Waals surface area contributed by atoms with Gasteiger partial charge >= 0.3 is 0 Å². The molecule has 0 saturated heterocycles. The number of hydrogen-bond acceptors (Lipinski definition) is 3. The number of nitrogens with one attached hydrogen (secondary N) is 2. The lowest BCUT2D eigenvalue weighted by molar-refractivity contribution is 0.0971. The molecule has 0 radical (unpaired) electrons. The van der Waals surface area contributed by atoms with Gasteiger partial charge in [0.1, 0.15) is 5.56 Å². The molecule has 0 bridgehead atoms. The maximum Gasteiger partial charge on any atom is 0.270 e. The summed E-state index contributed by atoms with van der Waals surface area (Å²) >= 11 is 0. The van der Waals surface area contributed by atoms with Gasteiger partial charge in [-0.15, -0.1) is 0 Å². The average Bonchev–Trinajstić information content (AvgIpc) is 2.01. The van der Waals surface area contributed by atoms with E-state index in [1.54, 1.807) is 19.9 Å². The van der Waals surface area contributed by atoms with Crippen LogP contribution in [0.1, 0.15) is 21.6 Å². The summed E-state index contributed by atoms with van der Waals surface area (Å²) in [6.45, 7) is 3.37. The van der Waals surface area contributed by atoms with Crippen LogP contribution in [0.15, 0.2) is 10.9 Å². The SMILES string of the molecule is Cc1cc(C)c(C(=O)NC#N)c(=O)[nH]1. The Morgan fingerprint density at radius 3 is 2.71 bits per heavy atom. The minimum absolute atomic E-state index is 0.0165. The molecule has 1 heterocycles. The molecular weight excluding hydrogens is 182 g/mol. The second-order valence-corrected chi connectivity index (χ2v) is 2.91. The van der Waals surface area contributed by atoms with Crippen LogP contribution in [0.3, 0.4) is 0 Å². The van der Waals surface area contributed by atoms with Gasteiger partial charge in [-0.2, -0.15) is 5.26 Å². The Bertz CT molecular complexity index is 468. The van der Waals surface area contributed by atoms with Crippen LogP contribution in [0.5, 0.6) is 0 Å². The maximum absolute atomic E-state index is 11.4. The molecular formula is C9H9N3O2. The lowest BCUT2D eigenvalue weighted by Crippen LogP contribution is -2.28. The maximum atomic E-state index is 11.4. The van der Waals surface area contributed by atoms with E-state index in [1.807, 2.05) is 5.32 Å². The lowest BCUT2D eigenvalue weighted by Gasteiger charge is -2.02. The van der Waals surface area contributed by atoms with E-state index in [4.69, 9.17) is 5.26 Å². The minimum Gasteiger partial charge on any atom is -0.326 e. The summed E-state index contributed by atoms with van der Waals surface area (Å²) < 4.78 is 0. The number of H-pyrrole nitrogens is 1. The summed E-state index contributed by atoms with van der Waals surface area (Å²) in [5, 5.41) is 10.1. The molecule has 0 spiro atoms. The molecule has 0 unspecified atom stereocenters. The second kappa shape index (κ2) is 3.75. The van der Waals surface area contributed by atoms with Gasteiger partial charge in [-0.05, 0) is 25.5 Å². The lowest BCUT2D eigenvalue weighted by atomic mass is 10.1. The first-order valence-electron chi connectivity index (χ1n) is 3.96. The number of aromatic amines is 1. The Morgan fingerprint density at radius 1 is 1.57 bits per heavy atom. The Balaban J connectivity index is 3.30. The molecule has 14 heavy (non-hydrogen) atoms. The fraction of sp³-hybridized carbons (Fsp3) is 0.222. The fourth-order valence-electron chi connectivity index (χ4n) is 1.25. The highest BCUT2D eigenvalue weighted by atomic mass is 16.2. The molecule has 1 aromatic heterocycles. The number of rotatable bonds is 1. The van der Waals surface area contributed by atoms with Gasteiger partial charge in [-0.3, -0.25) is 14.9 Å². The van der Waals surface area contributed by atoms with Gasteiger partial charge in [-0.1, -0.05) is 0 Å². The number of carbonyl (C=O) groups is 1. The number of aryl methyl sites for hydroxylation is 2. The van der Waals surface area contributed by atoms with Crippen molar-refractivity contribution >= 4 is 5.91 Å². The summed E-state index contributed by atoms with van der Waals surface area (Å²) in [6, 6.07) is 1.67. The van der Waals surface area contributed by atoms with E-state index in [-0.39, 0.29) is 5.56 Å². The number of pyridine rings is 1. The number of amides is 1. The first-order valence-corrected chi connectivity index (χ1v) is 3.96. The normalized spacial score (nSPS) is 9.21. The zero-order valence-corrected chi connectivity index (χ0v) is 7.84. The molecule has 0 atom stereocenters. The van der Waals surface area contributed by atoms with Crippen molar-refractivity contribution in [2.75, 3.05) is 0 Å². The third-order valence-corrected chi connectivity index (χ3v) is 1.76. The molecule has 72 valence electrons. The van der Waals surface area contributed by atoms with E-state index >= 15 is 0 Å². The molecule has 2 N–H and O–H groups in total. The van der Waals surface area contributed by atoms with Gasteiger partial charge in [0.2, 0.25) is 0 Å². The van der Waals surface area contributed by atoms with Crippen molar-refractivity contribution in [3.05, 3.63) is 33.2 Å². The summed E-state index contributed by atoms with van der Waals surface area (Å²) in [5.41, 5.74) is 0.743. The van der Waals surface area contributed by atoms with Crippen LogP contribution < -0.4 is 10.9 Å². The first kappa shape index (κ1) is 9.99. The van der Waals surface area contributed by atoms with E-state index in [9.17, 15) is 9.59 Å². The fourth-order valence-corrected chi connectivity index (χ4v) is 1.25. The van der Waals surface area contributed by atoms with Gasteiger partial charge in [-0.25, -0.2) is 0 Å². The van der Waals surface area contributed by atoms with Crippen LogP contribution in [-0.2, 0) is 0 Å². The smallest absolute Gasteiger partial charge is 0.270 e. The molecule has 1 rings (SSSR count). The van der Waals surface area contributed by atoms with Gasteiger partial charge in [0.05, 0.1) is 0 Å². The number of nitrogens with zero attached hydrogens (tertiary/aromatic N) is 1. The molecule has 0 aliphatic rings. The monoisotopic (exact) mass is 191 g/mol. The van der Waals surface area contributed by atoms with Crippen LogP contribution >= 0.6 is 0 Å². The molecule has 1 amide bonds. The van der Waals surface area contributed by atoms with Gasteiger partial charge in [0.15, 0.2) is 6.19 Å². The summed E-state index contributed by atoms with van der Waals surface area (Å²) in [5.74, 6) is -0.675. The van der Waals surface area contributed by atoms with E-state index in [2.05, 4.69) is 4.98 Å². The number of carbonyl (C=O) groups excluding carboxylic acids is 1. The quantitative estimate of drug-likeness (QED) is 0.491. The topological polar surface area (TPSA) is 85.8 Å². The van der Waals surface area contributed by atoms with Crippen molar-refractivity contribution in [2.24, 2.45) is 0 Å². The molecule has 5 nitrogen and oxygen atoms in total. The van der Waals surface area contributed by atoms with E-state index in [1.165, 1.54) is 6.19 Å². The summed E-state index contributed by atoms with van der Waals surface area (Å²) in [4.78, 5) is 25.1. The van der Waals surface area contributed by atoms with Crippen molar-refractivity contribution in [1.82, 2.24) is 10.3 Å². The number of hydrogen-bond donors (Lipinski definition) is 2. The van der Waals surface area contributed by atoms with Crippen molar-refractivity contribution in [3.63, 3.8) is 0 Å². The Morgan fingerprint density at radius 2 is 2.21 bits per heavy atom. The van der Waals surface area contributed by atoms with E-state index < -0.39 is 11.5 Å². The third kappa shape index (κ3) is 1.80. The Labute approximate surface area is 80.4 Å². The number of nitriles is 1. The van der Waals surface area contributed by atoms with Crippen molar-refractivity contribution in [1.29, 1.82) is 5.26 Å². The molecule has 0 aliphatic heterocycles. The minimum atomic E-state index is -0.675. The van der Waals surface area contributed by atoms with Crippen molar-refractivity contribution < 1.29 is 4.79 Å². The third-order valence-electron chi connectivity index (χ3n) is 1.76. The highest BCUT2D eigenvalue weighted by Crippen LogP contribution is 2.02. The number of aromatic nitrogens is 1. The zero-order chi connectivity index (χ0) is 10.7. The van der Waals surface area contributed by atoms with Crippen LogP contribution in [0, 0.1) is 25.3 Å². The molecule has 0 saturated carbocycles. The summed E-state index contributed by atoms with van der Waals surface area (Å²) in [7, 11) is 0. The van der Waals surface area contributed by atoms with Crippen LogP contribution in [0.25, 0.3) is 0 Å². The average molecular weight is 191 g/mol. The van der Waals surface area contributed by atoms with Crippen molar-refractivity contribution in [3.8, 4) is 6.19 Å². The highest BCUT2D eigenvalue weighted by molar-refractivity contribution is 5.96. The molecule has 0 fully saturated rings. The Kier molecular flexibility index (Phi) is 2.67. The highest BCUT2D eigenvalue weighted by Gasteiger charge is 2.13. The van der Waals surface area contributed by atoms with Crippen LogP contribution in [-0.4, -0.2) is 10.9 Å². The van der Waals surface area contributed by atoms with Crippen molar-refractivity contribution in [2.45, 2.75) is 13.8 Å². The van der Waals surface area contributed by atoms with Gasteiger partial charge in [0, 0.05) is 5.69 Å². The summed E-state index contributed by atoms with van der Waals surface area (Å²) in [6.07, 6.45) is 1.48. The molecule has 5 heteroatoms. The zero-order valence-electron chi connectivity index (χ0n) is 7.84. The van der Waals surface area contributed by atoms with Gasteiger partial charge in [0.25, 0.3) is 11.5 Å².